The molecule has 110 valence electrons. The fourth-order valence-electron chi connectivity index (χ4n) is 1.94. The van der Waals surface area contributed by atoms with Crippen molar-refractivity contribution >= 4 is 17.4 Å². The zero-order valence-corrected chi connectivity index (χ0v) is 11.9. The molecular formula is C16H19N3O2. The number of nitrogens with two attached hydrogens (primary N) is 1. The first kappa shape index (κ1) is 14.9. The van der Waals surface area contributed by atoms with Crippen LogP contribution in [0.4, 0.5) is 16.2 Å². The highest BCUT2D eigenvalue weighted by atomic mass is 16.5. The highest BCUT2D eigenvalue weighted by Gasteiger charge is 1.98. The Bertz CT molecular complexity index is 579. The van der Waals surface area contributed by atoms with Crippen LogP contribution in [0.5, 0.6) is 0 Å². The molecule has 0 atom stereocenters. The number of rotatable bonds is 6. The second kappa shape index (κ2) is 7.31. The van der Waals surface area contributed by atoms with Gasteiger partial charge >= 0.3 is 6.03 Å². The molecule has 2 rings (SSSR count). The van der Waals surface area contributed by atoms with Crippen LogP contribution in [-0.4, -0.2) is 13.1 Å². The zero-order valence-electron chi connectivity index (χ0n) is 11.9. The van der Waals surface area contributed by atoms with Gasteiger partial charge in [-0.2, -0.15) is 0 Å². The maximum absolute atomic E-state index is 10.7. The van der Waals surface area contributed by atoms with Crippen LogP contribution >= 0.6 is 0 Å². The molecule has 0 bridgehead atoms. The summed E-state index contributed by atoms with van der Waals surface area (Å²) in [6.07, 6.45) is 0. The fourth-order valence-corrected chi connectivity index (χ4v) is 1.94. The molecule has 0 heterocycles. The number of urea groups is 1. The van der Waals surface area contributed by atoms with Gasteiger partial charge < -0.3 is 21.1 Å². The number of amides is 2. The largest absolute Gasteiger partial charge is 0.381 e. The van der Waals surface area contributed by atoms with E-state index in [0.717, 1.165) is 17.8 Å². The Morgan fingerprint density at radius 3 is 2.14 bits per heavy atom. The molecule has 0 aliphatic carbocycles. The van der Waals surface area contributed by atoms with Crippen LogP contribution in [0.3, 0.4) is 0 Å². The number of benzene rings is 2. The first-order chi connectivity index (χ1) is 10.2. The van der Waals surface area contributed by atoms with E-state index in [1.165, 1.54) is 5.56 Å². The van der Waals surface area contributed by atoms with E-state index in [9.17, 15) is 4.79 Å². The normalized spacial score (nSPS) is 10.1. The van der Waals surface area contributed by atoms with E-state index in [2.05, 4.69) is 34.9 Å². The minimum absolute atomic E-state index is 0.563. The van der Waals surface area contributed by atoms with Gasteiger partial charge in [0.15, 0.2) is 0 Å². The topological polar surface area (TPSA) is 76.4 Å². The quantitative estimate of drug-likeness (QED) is 0.763. The third-order valence-electron chi connectivity index (χ3n) is 2.98. The van der Waals surface area contributed by atoms with Gasteiger partial charge in [-0.15, -0.1) is 0 Å². The van der Waals surface area contributed by atoms with Gasteiger partial charge in [0.25, 0.3) is 0 Å². The van der Waals surface area contributed by atoms with Crippen molar-refractivity contribution < 1.29 is 9.53 Å². The molecular weight excluding hydrogens is 266 g/mol. The van der Waals surface area contributed by atoms with Crippen LogP contribution in [0, 0.1) is 0 Å². The first-order valence-electron chi connectivity index (χ1n) is 6.64. The predicted molar refractivity (Wildman–Crippen MR) is 84.1 cm³/mol. The molecule has 0 saturated carbocycles. The molecule has 0 unspecified atom stereocenters. The van der Waals surface area contributed by atoms with Gasteiger partial charge in [-0.05, 0) is 35.4 Å². The van der Waals surface area contributed by atoms with Crippen molar-refractivity contribution in [2.75, 3.05) is 17.7 Å². The number of carbonyl (C=O) groups is 1. The third-order valence-corrected chi connectivity index (χ3v) is 2.98. The fraction of sp³-hybridized carbons (Fsp3) is 0.188. The lowest BCUT2D eigenvalue weighted by Gasteiger charge is -2.08. The average Bonchev–Trinajstić information content (AvgIpc) is 2.48. The molecule has 2 amide bonds. The maximum atomic E-state index is 10.7. The number of ether oxygens (including phenoxy) is 1. The number of carbonyl (C=O) groups excluding carboxylic acids is 1. The van der Waals surface area contributed by atoms with E-state index in [1.807, 2.05) is 12.1 Å². The van der Waals surface area contributed by atoms with Crippen molar-refractivity contribution in [2.24, 2.45) is 5.73 Å². The average molecular weight is 285 g/mol. The molecule has 0 aliphatic rings. The molecule has 0 spiro atoms. The predicted octanol–water partition coefficient (Wildman–Crippen LogP) is 2.94. The summed E-state index contributed by atoms with van der Waals surface area (Å²) in [7, 11) is 1.69. The molecule has 0 aliphatic heterocycles. The van der Waals surface area contributed by atoms with Crippen LogP contribution in [-0.2, 0) is 17.9 Å². The Hall–Kier alpha value is -2.53. The Morgan fingerprint density at radius 1 is 1.00 bits per heavy atom. The third kappa shape index (κ3) is 4.81. The monoisotopic (exact) mass is 285 g/mol. The SMILES string of the molecule is COCc1ccc(CNc2ccc(NC(N)=O)cc2)cc1. The zero-order chi connectivity index (χ0) is 15.1. The molecule has 5 nitrogen and oxygen atoms in total. The van der Waals surface area contributed by atoms with Gasteiger partial charge in [0, 0.05) is 25.0 Å². The molecule has 4 N–H and O–H groups in total. The Kier molecular flexibility index (Phi) is 5.17. The van der Waals surface area contributed by atoms with E-state index < -0.39 is 6.03 Å². The van der Waals surface area contributed by atoms with E-state index in [0.29, 0.717) is 12.3 Å². The van der Waals surface area contributed by atoms with E-state index in [-0.39, 0.29) is 0 Å². The standard InChI is InChI=1S/C16H19N3O2/c1-21-11-13-4-2-12(3-5-13)10-18-14-6-8-15(9-7-14)19-16(17)20/h2-9,18H,10-11H2,1H3,(H3,17,19,20). The summed E-state index contributed by atoms with van der Waals surface area (Å²) in [6.45, 7) is 1.36. The van der Waals surface area contributed by atoms with Crippen molar-refractivity contribution in [3.8, 4) is 0 Å². The lowest BCUT2D eigenvalue weighted by Crippen LogP contribution is -2.19. The van der Waals surface area contributed by atoms with E-state index >= 15 is 0 Å². The van der Waals surface area contributed by atoms with Crippen molar-refractivity contribution in [3.63, 3.8) is 0 Å². The van der Waals surface area contributed by atoms with Gasteiger partial charge in [0.2, 0.25) is 0 Å². The number of methoxy groups -OCH3 is 1. The summed E-state index contributed by atoms with van der Waals surface area (Å²) in [5.41, 5.74) is 9.06. The molecule has 2 aromatic rings. The molecule has 0 radical (unpaired) electrons. The number of nitrogens with one attached hydrogen (secondary N) is 2. The highest BCUT2D eigenvalue weighted by molar-refractivity contribution is 5.87. The lowest BCUT2D eigenvalue weighted by molar-refractivity contribution is 0.185. The van der Waals surface area contributed by atoms with Gasteiger partial charge in [-0.1, -0.05) is 24.3 Å². The van der Waals surface area contributed by atoms with Gasteiger partial charge in [-0.3, -0.25) is 0 Å². The van der Waals surface area contributed by atoms with Crippen LogP contribution in [0.15, 0.2) is 48.5 Å². The highest BCUT2D eigenvalue weighted by Crippen LogP contribution is 2.14. The minimum atomic E-state index is -0.563. The molecule has 2 aromatic carbocycles. The second-order valence-corrected chi connectivity index (χ2v) is 4.67. The molecule has 21 heavy (non-hydrogen) atoms. The van der Waals surface area contributed by atoms with Crippen LogP contribution < -0.4 is 16.4 Å². The number of primary amides is 1. The van der Waals surface area contributed by atoms with Gasteiger partial charge in [-0.25, -0.2) is 4.79 Å². The van der Waals surface area contributed by atoms with Gasteiger partial charge in [0.05, 0.1) is 6.61 Å². The molecule has 5 heteroatoms. The van der Waals surface area contributed by atoms with Crippen molar-refractivity contribution in [1.29, 1.82) is 0 Å². The van der Waals surface area contributed by atoms with E-state index in [1.54, 1.807) is 19.2 Å². The van der Waals surface area contributed by atoms with Crippen LogP contribution in [0.1, 0.15) is 11.1 Å². The minimum Gasteiger partial charge on any atom is -0.381 e. The summed E-state index contributed by atoms with van der Waals surface area (Å²) in [4.78, 5) is 10.7. The second-order valence-electron chi connectivity index (χ2n) is 4.67. The number of anilines is 2. The Balaban J connectivity index is 1.88. The summed E-state index contributed by atoms with van der Waals surface area (Å²) in [5, 5.41) is 5.84. The lowest BCUT2D eigenvalue weighted by atomic mass is 10.1. The number of hydrogen-bond donors (Lipinski definition) is 3. The summed E-state index contributed by atoms with van der Waals surface area (Å²) in [5.74, 6) is 0. The smallest absolute Gasteiger partial charge is 0.316 e. The van der Waals surface area contributed by atoms with E-state index in [4.69, 9.17) is 10.5 Å². The Morgan fingerprint density at radius 2 is 1.57 bits per heavy atom. The van der Waals surface area contributed by atoms with Crippen LogP contribution in [0.25, 0.3) is 0 Å². The molecule has 0 fully saturated rings. The number of hydrogen-bond acceptors (Lipinski definition) is 3. The summed E-state index contributed by atoms with van der Waals surface area (Å²) >= 11 is 0. The molecule has 0 saturated heterocycles. The van der Waals surface area contributed by atoms with Gasteiger partial charge in [0.1, 0.15) is 0 Å². The first-order valence-corrected chi connectivity index (χ1v) is 6.64. The maximum Gasteiger partial charge on any atom is 0.316 e. The van der Waals surface area contributed by atoms with Crippen molar-refractivity contribution in [2.45, 2.75) is 13.2 Å². The van der Waals surface area contributed by atoms with Crippen molar-refractivity contribution in [3.05, 3.63) is 59.7 Å². The summed E-state index contributed by atoms with van der Waals surface area (Å²) < 4.78 is 5.08. The Labute approximate surface area is 124 Å². The van der Waals surface area contributed by atoms with Crippen LogP contribution in [0.2, 0.25) is 0 Å². The molecule has 0 aromatic heterocycles. The summed E-state index contributed by atoms with van der Waals surface area (Å²) in [6, 6.07) is 15.1. The van der Waals surface area contributed by atoms with Crippen molar-refractivity contribution in [1.82, 2.24) is 0 Å².